The summed E-state index contributed by atoms with van der Waals surface area (Å²) in [5, 5.41) is 3.02. The molecular formula is C19H24N2O3S2. The molecular weight excluding hydrogens is 368 g/mol. The van der Waals surface area contributed by atoms with E-state index in [2.05, 4.69) is 5.32 Å². The van der Waals surface area contributed by atoms with Gasteiger partial charge in [0.2, 0.25) is 5.91 Å². The summed E-state index contributed by atoms with van der Waals surface area (Å²) in [4.78, 5) is 13.6. The first-order chi connectivity index (χ1) is 12.4. The maximum Gasteiger partial charge on any atom is 0.252 e. The molecule has 1 aliphatic heterocycles. The van der Waals surface area contributed by atoms with Gasteiger partial charge in [0.05, 0.1) is 12.0 Å². The zero-order valence-electron chi connectivity index (χ0n) is 15.0. The Balaban J connectivity index is 1.67. The number of thiophene rings is 1. The predicted octanol–water partition coefficient (Wildman–Crippen LogP) is 3.33. The van der Waals surface area contributed by atoms with Gasteiger partial charge in [0.25, 0.3) is 10.0 Å². The van der Waals surface area contributed by atoms with Crippen molar-refractivity contribution in [3.8, 4) is 0 Å². The Hall–Kier alpha value is -1.70. The van der Waals surface area contributed by atoms with E-state index in [0.717, 1.165) is 10.4 Å². The summed E-state index contributed by atoms with van der Waals surface area (Å²) >= 11 is 1.28. The molecule has 0 spiro atoms. The molecule has 0 bridgehead atoms. The molecule has 2 atom stereocenters. The predicted molar refractivity (Wildman–Crippen MR) is 104 cm³/mol. The van der Waals surface area contributed by atoms with Crippen LogP contribution in [0.5, 0.6) is 0 Å². The molecule has 1 saturated heterocycles. The highest BCUT2D eigenvalue weighted by molar-refractivity contribution is 7.91. The molecule has 5 nitrogen and oxygen atoms in total. The van der Waals surface area contributed by atoms with Crippen molar-refractivity contribution >= 4 is 27.3 Å². The normalized spacial score (nSPS) is 19.8. The lowest BCUT2D eigenvalue weighted by Crippen LogP contribution is -2.45. The zero-order chi connectivity index (χ0) is 18.7. The fourth-order valence-corrected chi connectivity index (χ4v) is 6.17. The number of aryl methyl sites for hydroxylation is 1. The van der Waals surface area contributed by atoms with Crippen LogP contribution in [0.25, 0.3) is 0 Å². The fourth-order valence-electron chi connectivity index (χ4n) is 3.21. The van der Waals surface area contributed by atoms with E-state index >= 15 is 0 Å². The van der Waals surface area contributed by atoms with Crippen molar-refractivity contribution in [2.24, 2.45) is 5.92 Å². The number of amides is 1. The summed E-state index contributed by atoms with van der Waals surface area (Å²) in [6.07, 6.45) is 1.41. The van der Waals surface area contributed by atoms with Crippen LogP contribution < -0.4 is 5.32 Å². The molecule has 0 saturated carbocycles. The molecule has 1 aromatic carbocycles. The van der Waals surface area contributed by atoms with E-state index in [-0.39, 0.29) is 24.4 Å². The van der Waals surface area contributed by atoms with E-state index in [1.807, 2.05) is 50.2 Å². The first kappa shape index (κ1) is 19.1. The van der Waals surface area contributed by atoms with E-state index in [0.29, 0.717) is 23.6 Å². The second-order valence-electron chi connectivity index (χ2n) is 6.71. The quantitative estimate of drug-likeness (QED) is 0.849. The van der Waals surface area contributed by atoms with Gasteiger partial charge in [0.1, 0.15) is 4.21 Å². The molecule has 1 N–H and O–H groups in total. The molecule has 1 aliphatic rings. The minimum absolute atomic E-state index is 0.0800. The molecule has 0 aliphatic carbocycles. The van der Waals surface area contributed by atoms with Crippen molar-refractivity contribution in [2.75, 3.05) is 13.1 Å². The van der Waals surface area contributed by atoms with E-state index in [9.17, 15) is 13.2 Å². The van der Waals surface area contributed by atoms with E-state index in [1.54, 1.807) is 6.07 Å². The molecule has 3 rings (SSSR count). The van der Waals surface area contributed by atoms with Crippen LogP contribution in [0, 0.1) is 12.8 Å². The van der Waals surface area contributed by atoms with E-state index in [4.69, 9.17) is 0 Å². The van der Waals surface area contributed by atoms with Gasteiger partial charge in [-0.1, -0.05) is 30.3 Å². The van der Waals surface area contributed by atoms with Crippen LogP contribution in [0.2, 0.25) is 0 Å². The molecule has 26 heavy (non-hydrogen) atoms. The highest BCUT2D eigenvalue weighted by atomic mass is 32.2. The number of benzene rings is 1. The average molecular weight is 393 g/mol. The van der Waals surface area contributed by atoms with Gasteiger partial charge in [-0.2, -0.15) is 4.31 Å². The standard InChI is InChI=1S/C19H24N2O3S2/c1-14-10-11-18(25-14)26(23,24)21-12-6-9-17(13-21)19(22)20-15(2)16-7-4-3-5-8-16/h3-5,7-8,10-11,15,17H,6,9,12-13H2,1-2H3,(H,20,22). The van der Waals surface area contributed by atoms with Crippen molar-refractivity contribution in [3.05, 3.63) is 52.9 Å². The average Bonchev–Trinajstić information content (AvgIpc) is 3.10. The van der Waals surface area contributed by atoms with Crippen LogP contribution in [0.3, 0.4) is 0 Å². The minimum atomic E-state index is -3.52. The molecule has 140 valence electrons. The van der Waals surface area contributed by atoms with Crippen molar-refractivity contribution in [2.45, 2.75) is 36.9 Å². The Morgan fingerprint density at radius 1 is 1.23 bits per heavy atom. The fraction of sp³-hybridized carbons (Fsp3) is 0.421. The van der Waals surface area contributed by atoms with E-state index < -0.39 is 10.0 Å². The first-order valence-electron chi connectivity index (χ1n) is 8.80. The third-order valence-electron chi connectivity index (χ3n) is 4.72. The van der Waals surface area contributed by atoms with Gasteiger partial charge in [0.15, 0.2) is 0 Å². The van der Waals surface area contributed by atoms with Crippen LogP contribution in [-0.2, 0) is 14.8 Å². The Bertz CT molecular complexity index is 862. The van der Waals surface area contributed by atoms with Crippen LogP contribution in [0.15, 0.2) is 46.7 Å². The van der Waals surface area contributed by atoms with Crippen molar-refractivity contribution in [3.63, 3.8) is 0 Å². The number of carbonyl (C=O) groups excluding carboxylic acids is 1. The first-order valence-corrected chi connectivity index (χ1v) is 11.1. The number of nitrogens with one attached hydrogen (secondary N) is 1. The Morgan fingerprint density at radius 2 is 1.96 bits per heavy atom. The molecule has 2 heterocycles. The Labute approximate surface area is 159 Å². The highest BCUT2D eigenvalue weighted by Crippen LogP contribution is 2.28. The lowest BCUT2D eigenvalue weighted by molar-refractivity contribution is -0.126. The lowest BCUT2D eigenvalue weighted by Gasteiger charge is -2.31. The number of piperidine rings is 1. The zero-order valence-corrected chi connectivity index (χ0v) is 16.6. The van der Waals surface area contributed by atoms with Crippen LogP contribution in [0.4, 0.5) is 0 Å². The number of rotatable bonds is 5. The molecule has 0 radical (unpaired) electrons. The molecule has 7 heteroatoms. The number of nitrogens with zero attached hydrogens (tertiary/aromatic N) is 1. The largest absolute Gasteiger partial charge is 0.349 e. The molecule has 1 amide bonds. The SMILES string of the molecule is Cc1ccc(S(=O)(=O)N2CCCC(C(=O)NC(C)c3ccccc3)C2)s1. The second kappa shape index (κ2) is 7.90. The third-order valence-corrected chi connectivity index (χ3v) is 8.06. The summed E-state index contributed by atoms with van der Waals surface area (Å²) < 4.78 is 27.4. The second-order valence-corrected chi connectivity index (χ2v) is 10.2. The number of hydrogen-bond acceptors (Lipinski definition) is 4. The molecule has 1 fully saturated rings. The number of hydrogen-bond donors (Lipinski definition) is 1. The summed E-state index contributed by atoms with van der Waals surface area (Å²) in [5.74, 6) is -0.394. The van der Waals surface area contributed by atoms with Crippen molar-refractivity contribution in [1.29, 1.82) is 0 Å². The minimum Gasteiger partial charge on any atom is -0.349 e. The van der Waals surface area contributed by atoms with Gasteiger partial charge in [0, 0.05) is 18.0 Å². The van der Waals surface area contributed by atoms with Gasteiger partial charge in [-0.3, -0.25) is 4.79 Å². The van der Waals surface area contributed by atoms with Gasteiger partial charge in [-0.15, -0.1) is 11.3 Å². The van der Waals surface area contributed by atoms with Gasteiger partial charge >= 0.3 is 0 Å². The maximum atomic E-state index is 12.8. The number of sulfonamides is 1. The monoisotopic (exact) mass is 392 g/mol. The van der Waals surface area contributed by atoms with Crippen LogP contribution in [0.1, 0.15) is 36.2 Å². The number of carbonyl (C=O) groups is 1. The summed E-state index contributed by atoms with van der Waals surface area (Å²) in [6.45, 7) is 4.55. The smallest absolute Gasteiger partial charge is 0.252 e. The Morgan fingerprint density at radius 3 is 2.62 bits per heavy atom. The summed E-state index contributed by atoms with van der Waals surface area (Å²) in [5.41, 5.74) is 1.04. The maximum absolute atomic E-state index is 12.8. The van der Waals surface area contributed by atoms with Crippen LogP contribution in [-0.4, -0.2) is 31.7 Å². The third kappa shape index (κ3) is 4.16. The summed E-state index contributed by atoms with van der Waals surface area (Å²) in [7, 11) is -3.52. The molecule has 2 aromatic rings. The topological polar surface area (TPSA) is 66.5 Å². The molecule has 1 aromatic heterocycles. The Kier molecular flexibility index (Phi) is 5.79. The van der Waals surface area contributed by atoms with Crippen LogP contribution >= 0.6 is 11.3 Å². The van der Waals surface area contributed by atoms with E-state index in [1.165, 1.54) is 15.6 Å². The lowest BCUT2D eigenvalue weighted by atomic mass is 9.98. The van der Waals surface area contributed by atoms with Gasteiger partial charge in [-0.05, 0) is 44.4 Å². The molecule has 2 unspecified atom stereocenters. The highest BCUT2D eigenvalue weighted by Gasteiger charge is 2.34. The summed E-state index contributed by atoms with van der Waals surface area (Å²) in [6, 6.07) is 13.1. The van der Waals surface area contributed by atoms with Crippen molar-refractivity contribution < 1.29 is 13.2 Å². The van der Waals surface area contributed by atoms with Gasteiger partial charge in [-0.25, -0.2) is 8.42 Å². The van der Waals surface area contributed by atoms with Crippen molar-refractivity contribution in [1.82, 2.24) is 9.62 Å². The van der Waals surface area contributed by atoms with Gasteiger partial charge < -0.3 is 5.32 Å².